The van der Waals surface area contributed by atoms with Crippen molar-refractivity contribution in [2.75, 3.05) is 5.32 Å². The minimum Gasteiger partial charge on any atom is -0.301 e. The first-order valence-corrected chi connectivity index (χ1v) is 10.5. The first-order chi connectivity index (χ1) is 15.0. The maximum absolute atomic E-state index is 13.9. The fraction of sp³-hybridized carbons (Fsp3) is 0.421. The maximum Gasteiger partial charge on any atom is 0.434 e. The Morgan fingerprint density at radius 1 is 1.28 bits per heavy atom. The van der Waals surface area contributed by atoms with E-state index in [-0.39, 0.29) is 18.0 Å². The summed E-state index contributed by atoms with van der Waals surface area (Å²) in [5.74, 6) is -4.87. The molecule has 0 aliphatic heterocycles. The van der Waals surface area contributed by atoms with Gasteiger partial charge in [0.1, 0.15) is 0 Å². The molecule has 13 heteroatoms. The second-order valence-corrected chi connectivity index (χ2v) is 8.44. The zero-order chi connectivity index (χ0) is 23.1. The molecule has 2 atom stereocenters. The number of alkyl halides is 5. The van der Waals surface area contributed by atoms with Crippen LogP contribution in [0, 0.1) is 5.92 Å². The lowest BCUT2D eigenvalue weighted by Gasteiger charge is -2.23. The molecule has 1 amide bonds. The number of thiazole rings is 1. The van der Waals surface area contributed by atoms with Gasteiger partial charge in [-0.05, 0) is 23.1 Å². The molecule has 32 heavy (non-hydrogen) atoms. The van der Waals surface area contributed by atoms with E-state index in [1.54, 1.807) is 31.3 Å². The largest absolute Gasteiger partial charge is 0.434 e. The average Bonchev–Trinajstić information content (AvgIpc) is 3.43. The predicted octanol–water partition coefficient (Wildman–Crippen LogP) is 4.51. The first-order valence-electron chi connectivity index (χ1n) is 9.57. The Balaban J connectivity index is 1.60. The van der Waals surface area contributed by atoms with E-state index in [4.69, 9.17) is 0 Å². The van der Waals surface area contributed by atoms with Gasteiger partial charge in [0.15, 0.2) is 10.8 Å². The van der Waals surface area contributed by atoms with Gasteiger partial charge in [-0.2, -0.15) is 18.0 Å². The van der Waals surface area contributed by atoms with Gasteiger partial charge in [0.05, 0.1) is 13.0 Å². The smallest absolute Gasteiger partial charge is 0.301 e. The van der Waals surface area contributed by atoms with Crippen LogP contribution in [0.15, 0.2) is 29.6 Å². The van der Waals surface area contributed by atoms with Gasteiger partial charge < -0.3 is 5.32 Å². The molecule has 4 rings (SSSR count). The number of rotatable bonds is 5. The third-order valence-corrected chi connectivity index (χ3v) is 6.01. The topological polar surface area (TPSA) is 85.6 Å². The number of aryl methyl sites for hydroxylation is 1. The Morgan fingerprint density at radius 3 is 2.53 bits per heavy atom. The van der Waals surface area contributed by atoms with Crippen LogP contribution in [0.1, 0.15) is 36.4 Å². The molecule has 1 aromatic carbocycles. The van der Waals surface area contributed by atoms with Crippen LogP contribution >= 0.6 is 11.3 Å². The van der Waals surface area contributed by atoms with E-state index in [1.165, 1.54) is 4.80 Å². The molecule has 0 radical (unpaired) electrons. The van der Waals surface area contributed by atoms with Gasteiger partial charge in [-0.25, -0.2) is 13.8 Å². The average molecular weight is 472 g/mol. The summed E-state index contributed by atoms with van der Waals surface area (Å²) in [6.45, 7) is 0. The van der Waals surface area contributed by atoms with E-state index in [9.17, 15) is 26.7 Å². The minimum absolute atomic E-state index is 0.115. The molecule has 1 aliphatic rings. The van der Waals surface area contributed by atoms with Crippen LogP contribution in [0.4, 0.5) is 27.1 Å². The van der Waals surface area contributed by atoms with E-state index in [2.05, 4.69) is 25.7 Å². The van der Waals surface area contributed by atoms with Crippen molar-refractivity contribution < 1.29 is 26.7 Å². The number of hydrogen-bond donors (Lipinski definition) is 1. The summed E-state index contributed by atoms with van der Waals surface area (Å²) in [6.07, 6.45) is -5.36. The van der Waals surface area contributed by atoms with Crippen LogP contribution in [0.2, 0.25) is 0 Å². The van der Waals surface area contributed by atoms with Gasteiger partial charge in [0.25, 0.3) is 0 Å². The van der Waals surface area contributed by atoms with Crippen molar-refractivity contribution in [3.05, 3.63) is 40.9 Å². The van der Waals surface area contributed by atoms with Crippen LogP contribution in [0.25, 0.3) is 11.4 Å². The highest BCUT2D eigenvalue weighted by Crippen LogP contribution is 2.46. The van der Waals surface area contributed by atoms with E-state index >= 15 is 0 Å². The number of nitrogens with zero attached hydrogens (tertiary/aromatic N) is 5. The Hall–Kier alpha value is -2.96. The van der Waals surface area contributed by atoms with Crippen molar-refractivity contribution in [2.24, 2.45) is 13.0 Å². The zero-order valence-electron chi connectivity index (χ0n) is 16.6. The van der Waals surface area contributed by atoms with Crippen LogP contribution in [-0.4, -0.2) is 37.0 Å². The summed E-state index contributed by atoms with van der Waals surface area (Å²) in [4.78, 5) is 17.7. The van der Waals surface area contributed by atoms with Crippen LogP contribution in [0.3, 0.4) is 0 Å². The van der Waals surface area contributed by atoms with Crippen LogP contribution in [-0.2, 0) is 18.0 Å². The SMILES string of the molecule is Cn1nnc(-c2ccc(C(C(=O)Nc3nc(C(F)(F)F)cs3)C3CCC(F)(F)C3)cc2)n1. The minimum atomic E-state index is -4.64. The van der Waals surface area contributed by atoms with Crippen LogP contribution < -0.4 is 5.32 Å². The standard InChI is InChI=1S/C19H17F5N6OS/c1-30-28-15(27-29-30)11-4-2-10(3-5-11)14(12-6-7-18(20,21)8-12)16(31)26-17-25-13(9-32-17)19(22,23)24/h2-5,9,12,14H,6-8H2,1H3,(H,25,26,31). The molecule has 7 nitrogen and oxygen atoms in total. The summed E-state index contributed by atoms with van der Waals surface area (Å²) >= 11 is 0.625. The summed E-state index contributed by atoms with van der Waals surface area (Å²) in [6, 6.07) is 6.50. The summed E-state index contributed by atoms with van der Waals surface area (Å²) < 4.78 is 66.2. The number of anilines is 1. The first kappa shape index (κ1) is 22.2. The van der Waals surface area contributed by atoms with Gasteiger partial charge in [0, 0.05) is 23.8 Å². The molecule has 1 fully saturated rings. The summed E-state index contributed by atoms with van der Waals surface area (Å²) in [5.41, 5.74) is -0.0412. The van der Waals surface area contributed by atoms with Crippen molar-refractivity contribution in [1.29, 1.82) is 0 Å². The van der Waals surface area contributed by atoms with E-state index in [0.717, 1.165) is 5.38 Å². The molecule has 0 bridgehead atoms. The number of carbonyl (C=O) groups is 1. The fourth-order valence-corrected chi connectivity index (χ4v) is 4.51. The van der Waals surface area contributed by atoms with Gasteiger partial charge in [-0.3, -0.25) is 4.79 Å². The highest BCUT2D eigenvalue weighted by atomic mass is 32.1. The molecule has 0 spiro atoms. The highest BCUT2D eigenvalue weighted by molar-refractivity contribution is 7.13. The molecular weight excluding hydrogens is 455 g/mol. The van der Waals surface area contributed by atoms with Crippen molar-refractivity contribution >= 4 is 22.4 Å². The Kier molecular flexibility index (Phi) is 5.69. The Morgan fingerprint density at radius 2 is 2.00 bits per heavy atom. The van der Waals surface area contributed by atoms with Crippen molar-refractivity contribution in [2.45, 2.75) is 37.3 Å². The number of halogens is 5. The van der Waals surface area contributed by atoms with Crippen molar-refractivity contribution in [3.8, 4) is 11.4 Å². The summed E-state index contributed by atoms with van der Waals surface area (Å²) in [5, 5.41) is 14.6. The lowest BCUT2D eigenvalue weighted by molar-refractivity contribution is -0.140. The van der Waals surface area contributed by atoms with Gasteiger partial charge in [-0.1, -0.05) is 24.3 Å². The number of nitrogens with one attached hydrogen (secondary N) is 1. The summed E-state index contributed by atoms with van der Waals surface area (Å²) in [7, 11) is 1.61. The number of amides is 1. The van der Waals surface area contributed by atoms with Crippen molar-refractivity contribution in [3.63, 3.8) is 0 Å². The predicted molar refractivity (Wildman–Crippen MR) is 105 cm³/mol. The number of tetrazole rings is 1. The molecule has 3 aromatic rings. The van der Waals surface area contributed by atoms with E-state index in [0.29, 0.717) is 28.3 Å². The van der Waals surface area contributed by atoms with Gasteiger partial charge in [0.2, 0.25) is 17.7 Å². The number of aromatic nitrogens is 5. The molecule has 2 heterocycles. The zero-order valence-corrected chi connectivity index (χ0v) is 17.4. The molecule has 170 valence electrons. The lowest BCUT2D eigenvalue weighted by atomic mass is 9.83. The lowest BCUT2D eigenvalue weighted by Crippen LogP contribution is -2.27. The normalized spacial score (nSPS) is 19.1. The van der Waals surface area contributed by atoms with Crippen molar-refractivity contribution in [1.82, 2.24) is 25.2 Å². The monoisotopic (exact) mass is 472 g/mol. The molecule has 2 aromatic heterocycles. The Bertz CT molecular complexity index is 1110. The quantitative estimate of drug-likeness (QED) is 0.553. The molecule has 1 saturated carbocycles. The highest BCUT2D eigenvalue weighted by Gasteiger charge is 2.45. The third-order valence-electron chi connectivity index (χ3n) is 5.26. The maximum atomic E-state index is 13.9. The molecule has 0 saturated heterocycles. The number of hydrogen-bond acceptors (Lipinski definition) is 6. The molecule has 1 aliphatic carbocycles. The van der Waals surface area contributed by atoms with Gasteiger partial charge >= 0.3 is 6.18 Å². The molecular formula is C19H17F5N6OS. The second-order valence-electron chi connectivity index (χ2n) is 7.59. The van der Waals surface area contributed by atoms with Crippen LogP contribution in [0.5, 0.6) is 0 Å². The Labute approximate surface area is 182 Å². The fourth-order valence-electron chi connectivity index (χ4n) is 3.79. The third kappa shape index (κ3) is 4.76. The molecule has 1 N–H and O–H groups in total. The van der Waals surface area contributed by atoms with E-state index in [1.807, 2.05) is 0 Å². The molecule has 2 unspecified atom stereocenters. The van der Waals surface area contributed by atoms with E-state index < -0.39 is 42.0 Å². The number of carbonyl (C=O) groups excluding carboxylic acids is 1. The number of benzene rings is 1. The second kappa shape index (κ2) is 8.19. The van der Waals surface area contributed by atoms with Gasteiger partial charge in [-0.15, -0.1) is 21.5 Å².